The Hall–Kier alpha value is -7.80. The molecule has 0 aliphatic heterocycles. The van der Waals surface area contributed by atoms with E-state index in [4.69, 9.17) is 0 Å². The highest BCUT2D eigenvalue weighted by atomic mass is 14.3. The highest BCUT2D eigenvalue weighted by molar-refractivity contribution is 6.25. The van der Waals surface area contributed by atoms with Crippen LogP contribution >= 0.6 is 0 Å². The maximum atomic E-state index is 2.40. The van der Waals surface area contributed by atoms with Gasteiger partial charge in [-0.1, -0.05) is 277 Å². The van der Waals surface area contributed by atoms with Gasteiger partial charge >= 0.3 is 0 Å². The third-order valence-corrected chi connectivity index (χ3v) is 15.9. The molecule has 0 aromatic heterocycles. The lowest BCUT2D eigenvalue weighted by Crippen LogP contribution is -2.10. The van der Waals surface area contributed by atoms with Crippen LogP contribution in [-0.2, 0) is 21.7 Å². The summed E-state index contributed by atoms with van der Waals surface area (Å²) in [6, 6.07) is 81.9. The van der Waals surface area contributed by atoms with E-state index in [-0.39, 0.29) is 21.7 Å². The third-order valence-electron chi connectivity index (χ3n) is 15.9. The molecule has 0 saturated carbocycles. The smallest absolute Gasteiger partial charge is 0.00261 e. The van der Waals surface area contributed by atoms with Gasteiger partial charge < -0.3 is 0 Å². The highest BCUT2D eigenvalue weighted by Gasteiger charge is 2.23. The van der Waals surface area contributed by atoms with Gasteiger partial charge in [-0.05, 0) is 177 Å². The predicted octanol–water partition coefficient (Wildman–Crippen LogP) is 22.2. The molecule has 376 valence electrons. The van der Waals surface area contributed by atoms with Crippen LogP contribution in [0.4, 0.5) is 0 Å². The van der Waals surface area contributed by atoms with Crippen molar-refractivity contribution in [2.45, 2.75) is 105 Å². The van der Waals surface area contributed by atoms with Crippen molar-refractivity contribution in [2.75, 3.05) is 0 Å². The average Bonchev–Trinajstić information content (AvgIpc) is 3.41. The van der Waals surface area contributed by atoms with Gasteiger partial charge in [0.15, 0.2) is 0 Å². The fourth-order valence-electron chi connectivity index (χ4n) is 11.5. The summed E-state index contributed by atoms with van der Waals surface area (Å²) in [4.78, 5) is 0. The van der Waals surface area contributed by atoms with Crippen molar-refractivity contribution in [3.05, 3.63) is 241 Å². The molecule has 0 N–H and O–H groups in total. The van der Waals surface area contributed by atoms with E-state index in [1.54, 1.807) is 0 Å². The summed E-state index contributed by atoms with van der Waals surface area (Å²) in [5, 5.41) is 15.5. The van der Waals surface area contributed by atoms with E-state index in [1.165, 1.54) is 131 Å². The number of hydrogen-bond donors (Lipinski definition) is 0. The fourth-order valence-corrected chi connectivity index (χ4v) is 11.5. The lowest BCUT2D eigenvalue weighted by molar-refractivity contribution is 0.590. The monoisotopic (exact) mass is 985 g/mol. The Morgan fingerprint density at radius 2 is 0.355 bits per heavy atom. The lowest BCUT2D eigenvalue weighted by atomic mass is 9.82. The van der Waals surface area contributed by atoms with Crippen molar-refractivity contribution in [1.82, 2.24) is 0 Å². The van der Waals surface area contributed by atoms with E-state index in [0.29, 0.717) is 0 Å². The number of benzene rings is 12. The Bertz CT molecular complexity index is 3580. The minimum Gasteiger partial charge on any atom is -0.0616 e. The molecule has 12 aromatic rings. The Morgan fingerprint density at radius 1 is 0.184 bits per heavy atom. The summed E-state index contributed by atoms with van der Waals surface area (Å²) in [6.45, 7) is 27.3. The number of hydrogen-bond acceptors (Lipinski definition) is 0. The first-order valence-corrected chi connectivity index (χ1v) is 27.4. The van der Waals surface area contributed by atoms with E-state index >= 15 is 0 Å². The lowest BCUT2D eigenvalue weighted by Gasteiger charge is -2.22. The zero-order valence-electron chi connectivity index (χ0n) is 46.8. The van der Waals surface area contributed by atoms with E-state index in [1.807, 2.05) is 0 Å². The second-order valence-electron chi connectivity index (χ2n) is 25.4. The van der Waals surface area contributed by atoms with Gasteiger partial charge in [-0.3, -0.25) is 0 Å². The average molecular weight is 985 g/mol. The zero-order chi connectivity index (χ0) is 53.3. The molecule has 0 heterocycles. The molecule has 12 rings (SSSR count). The molecule has 0 bridgehead atoms. The van der Waals surface area contributed by atoms with Crippen molar-refractivity contribution >= 4 is 64.6 Å². The quantitative estimate of drug-likeness (QED) is 0.154. The first-order chi connectivity index (χ1) is 36.2. The minimum absolute atomic E-state index is 0.127. The molecular weight excluding hydrogens is 913 g/mol. The van der Waals surface area contributed by atoms with Crippen molar-refractivity contribution in [3.8, 4) is 44.5 Å². The van der Waals surface area contributed by atoms with Gasteiger partial charge in [0, 0.05) is 0 Å². The van der Waals surface area contributed by atoms with Crippen LogP contribution in [0.2, 0.25) is 0 Å². The van der Waals surface area contributed by atoms with E-state index in [9.17, 15) is 0 Å². The molecule has 0 unspecified atom stereocenters. The first kappa shape index (κ1) is 50.4. The Balaban J connectivity index is 0.000000162. The summed E-state index contributed by atoms with van der Waals surface area (Å²) in [5.74, 6) is 0. The molecule has 0 radical (unpaired) electrons. The summed E-state index contributed by atoms with van der Waals surface area (Å²) in [7, 11) is 0. The normalized spacial score (nSPS) is 12.5. The highest BCUT2D eigenvalue weighted by Crippen LogP contribution is 2.48. The maximum absolute atomic E-state index is 2.40. The summed E-state index contributed by atoms with van der Waals surface area (Å²) < 4.78 is 0. The SMILES string of the molecule is CC(C)(C)c1ccc(-c2c3ccccc3c(-c3ccc(C(C)(C)C)cc3)c3cc4ccccc4cc23)cc1.CC(C)(C)c1ccc(-c2c3ccccc3c(-c3ccc(C(C)(C)C)cc3)c3cc4ccccc4cc23)cc1. The van der Waals surface area contributed by atoms with Gasteiger partial charge in [0.05, 0.1) is 0 Å². The van der Waals surface area contributed by atoms with Crippen LogP contribution in [0.25, 0.3) is 109 Å². The van der Waals surface area contributed by atoms with Gasteiger partial charge in [-0.25, -0.2) is 0 Å². The van der Waals surface area contributed by atoms with E-state index in [2.05, 4.69) is 301 Å². The standard InChI is InChI=1S/2C38H36/c2*1-37(2,3)29-19-15-25(16-20-29)35-31-13-9-10-14-32(31)36(26-17-21-30(22-18-26)38(4,5)6)34-24-28-12-8-7-11-27(28)23-33(34)35/h2*7-24H,1-6H3. The predicted molar refractivity (Wildman–Crippen MR) is 334 cm³/mol. The fraction of sp³-hybridized carbons (Fsp3) is 0.211. The molecule has 0 nitrogen and oxygen atoms in total. The van der Waals surface area contributed by atoms with Crippen molar-refractivity contribution in [1.29, 1.82) is 0 Å². The topological polar surface area (TPSA) is 0 Å². The largest absolute Gasteiger partial charge is 0.0616 e. The molecule has 0 fully saturated rings. The maximum Gasteiger partial charge on any atom is -0.00261 e. The van der Waals surface area contributed by atoms with Crippen LogP contribution in [-0.4, -0.2) is 0 Å². The van der Waals surface area contributed by atoms with Gasteiger partial charge in [0.2, 0.25) is 0 Å². The Kier molecular flexibility index (Phi) is 12.7. The van der Waals surface area contributed by atoms with E-state index < -0.39 is 0 Å². The van der Waals surface area contributed by atoms with E-state index in [0.717, 1.165) is 0 Å². The van der Waals surface area contributed by atoms with Gasteiger partial charge in [0.25, 0.3) is 0 Å². The van der Waals surface area contributed by atoms with Gasteiger partial charge in [0.1, 0.15) is 0 Å². The molecule has 0 saturated heterocycles. The first-order valence-electron chi connectivity index (χ1n) is 27.4. The molecule has 0 amide bonds. The van der Waals surface area contributed by atoms with Gasteiger partial charge in [-0.2, -0.15) is 0 Å². The molecule has 12 aromatic carbocycles. The van der Waals surface area contributed by atoms with Crippen LogP contribution in [0.15, 0.2) is 218 Å². The molecular formula is C76H72. The summed E-state index contributed by atoms with van der Waals surface area (Å²) in [6.07, 6.45) is 0. The Labute approximate surface area is 452 Å². The van der Waals surface area contributed by atoms with Crippen LogP contribution in [0.1, 0.15) is 105 Å². The van der Waals surface area contributed by atoms with Crippen molar-refractivity contribution in [3.63, 3.8) is 0 Å². The third kappa shape index (κ3) is 9.49. The number of fused-ring (bicyclic) bond motifs is 6. The summed E-state index contributed by atoms with van der Waals surface area (Å²) >= 11 is 0. The Morgan fingerprint density at radius 3 is 0.526 bits per heavy atom. The van der Waals surface area contributed by atoms with Crippen LogP contribution in [0, 0.1) is 0 Å². The van der Waals surface area contributed by atoms with Crippen molar-refractivity contribution < 1.29 is 0 Å². The molecule has 76 heavy (non-hydrogen) atoms. The van der Waals surface area contributed by atoms with Gasteiger partial charge in [-0.15, -0.1) is 0 Å². The molecule has 0 heteroatoms. The van der Waals surface area contributed by atoms with Crippen molar-refractivity contribution in [2.24, 2.45) is 0 Å². The van der Waals surface area contributed by atoms with Crippen LogP contribution in [0.3, 0.4) is 0 Å². The molecule has 0 atom stereocenters. The zero-order valence-corrected chi connectivity index (χ0v) is 46.8. The van der Waals surface area contributed by atoms with Crippen LogP contribution in [0.5, 0.6) is 0 Å². The minimum atomic E-state index is 0.127. The molecule has 0 aliphatic rings. The second kappa shape index (κ2) is 19.1. The second-order valence-corrected chi connectivity index (χ2v) is 25.4. The summed E-state index contributed by atoms with van der Waals surface area (Å²) in [5.41, 5.74) is 16.3. The molecule has 0 spiro atoms. The number of rotatable bonds is 4. The molecule has 0 aliphatic carbocycles. The van der Waals surface area contributed by atoms with Crippen LogP contribution < -0.4 is 0 Å².